The summed E-state index contributed by atoms with van der Waals surface area (Å²) in [7, 11) is -3.46. The lowest BCUT2D eigenvalue weighted by Crippen LogP contribution is -2.50. The number of amides is 1. The van der Waals surface area contributed by atoms with E-state index in [1.54, 1.807) is 46.6 Å². The fourth-order valence-corrected chi connectivity index (χ4v) is 4.71. The average molecular weight is 350 g/mol. The van der Waals surface area contributed by atoms with Crippen molar-refractivity contribution in [2.75, 3.05) is 26.2 Å². The van der Waals surface area contributed by atoms with Gasteiger partial charge in [0.25, 0.3) is 0 Å². The first kappa shape index (κ1) is 16.2. The number of carbonyl (C=O) groups excluding carboxylic acids is 1. The molecule has 7 heteroatoms. The Bertz CT molecular complexity index is 750. The van der Waals surface area contributed by atoms with E-state index in [2.05, 4.69) is 0 Å². The number of hydrogen-bond acceptors (Lipinski definition) is 4. The van der Waals surface area contributed by atoms with Crippen LogP contribution in [0.2, 0.25) is 0 Å². The van der Waals surface area contributed by atoms with Crippen LogP contribution in [-0.4, -0.2) is 49.7 Å². The van der Waals surface area contributed by atoms with Crippen molar-refractivity contribution < 1.29 is 13.2 Å². The Morgan fingerprint density at radius 3 is 2.35 bits per heavy atom. The summed E-state index contributed by atoms with van der Waals surface area (Å²) in [6.45, 7) is 1.56. The maximum Gasteiger partial charge on any atom is 0.243 e. The highest BCUT2D eigenvalue weighted by Gasteiger charge is 2.29. The van der Waals surface area contributed by atoms with Gasteiger partial charge in [0.15, 0.2) is 0 Å². The molecule has 0 bridgehead atoms. The summed E-state index contributed by atoms with van der Waals surface area (Å²) in [5.41, 5.74) is 1.01. The first-order chi connectivity index (χ1) is 11.1. The molecule has 23 heavy (non-hydrogen) atoms. The summed E-state index contributed by atoms with van der Waals surface area (Å²) in [6.07, 6.45) is 0.384. The molecule has 1 amide bonds. The zero-order chi connectivity index (χ0) is 16.3. The lowest BCUT2D eigenvalue weighted by Gasteiger charge is -2.34. The standard InChI is InChI=1S/C16H18N2O3S2/c19-16(12-14-6-11-22-13-14)17-7-9-18(10-8-17)23(20,21)15-4-2-1-3-5-15/h1-6,11,13H,7-10,12H2. The van der Waals surface area contributed by atoms with Crippen LogP contribution in [0, 0.1) is 0 Å². The molecule has 1 aromatic heterocycles. The Morgan fingerprint density at radius 1 is 1.04 bits per heavy atom. The molecule has 1 aliphatic rings. The molecule has 2 aromatic rings. The molecule has 5 nitrogen and oxygen atoms in total. The van der Waals surface area contributed by atoms with Crippen molar-refractivity contribution in [2.24, 2.45) is 0 Å². The minimum atomic E-state index is -3.46. The number of hydrogen-bond donors (Lipinski definition) is 0. The van der Waals surface area contributed by atoms with E-state index in [9.17, 15) is 13.2 Å². The number of thiophene rings is 1. The van der Waals surface area contributed by atoms with Crippen molar-refractivity contribution in [3.8, 4) is 0 Å². The normalized spacial score (nSPS) is 16.4. The second kappa shape index (κ2) is 6.82. The SMILES string of the molecule is O=C(Cc1ccsc1)N1CCN(S(=O)(=O)c2ccccc2)CC1. The fourth-order valence-electron chi connectivity index (χ4n) is 2.60. The summed E-state index contributed by atoms with van der Waals surface area (Å²) in [5, 5.41) is 3.92. The molecular weight excluding hydrogens is 332 g/mol. The molecule has 1 aliphatic heterocycles. The van der Waals surface area contributed by atoms with Crippen LogP contribution in [0.15, 0.2) is 52.1 Å². The summed E-state index contributed by atoms with van der Waals surface area (Å²) < 4.78 is 26.5. The number of sulfonamides is 1. The number of carbonyl (C=O) groups is 1. The highest BCUT2D eigenvalue weighted by Crippen LogP contribution is 2.18. The smallest absolute Gasteiger partial charge is 0.243 e. The number of nitrogens with zero attached hydrogens (tertiary/aromatic N) is 2. The average Bonchev–Trinajstić information content (AvgIpc) is 3.09. The van der Waals surface area contributed by atoms with E-state index >= 15 is 0 Å². The van der Waals surface area contributed by atoms with E-state index in [1.807, 2.05) is 16.8 Å². The molecule has 0 saturated carbocycles. The molecule has 1 fully saturated rings. The number of rotatable bonds is 4. The maximum absolute atomic E-state index is 12.5. The van der Waals surface area contributed by atoms with Crippen molar-refractivity contribution in [3.63, 3.8) is 0 Å². The molecule has 0 radical (unpaired) electrons. The highest BCUT2D eigenvalue weighted by atomic mass is 32.2. The van der Waals surface area contributed by atoms with Gasteiger partial charge in [-0.15, -0.1) is 0 Å². The third-order valence-corrected chi connectivity index (χ3v) is 6.55. The first-order valence-corrected chi connectivity index (χ1v) is 9.80. The van der Waals surface area contributed by atoms with Gasteiger partial charge < -0.3 is 4.90 Å². The van der Waals surface area contributed by atoms with Crippen LogP contribution in [0.25, 0.3) is 0 Å². The second-order valence-electron chi connectivity index (χ2n) is 5.41. The summed E-state index contributed by atoms with van der Waals surface area (Å²) in [6, 6.07) is 10.4. The van der Waals surface area contributed by atoms with Gasteiger partial charge in [0, 0.05) is 26.2 Å². The van der Waals surface area contributed by atoms with Gasteiger partial charge in [-0.3, -0.25) is 4.79 Å². The molecule has 0 N–H and O–H groups in total. The topological polar surface area (TPSA) is 57.7 Å². The van der Waals surface area contributed by atoms with Crippen molar-refractivity contribution in [1.29, 1.82) is 0 Å². The molecule has 1 aromatic carbocycles. The van der Waals surface area contributed by atoms with Crippen LogP contribution in [-0.2, 0) is 21.2 Å². The third kappa shape index (κ3) is 3.63. The molecule has 0 unspecified atom stereocenters. The predicted octanol–water partition coefficient (Wildman–Crippen LogP) is 1.82. The molecule has 0 aliphatic carbocycles. The zero-order valence-electron chi connectivity index (χ0n) is 12.6. The van der Waals surface area contributed by atoms with E-state index in [1.165, 1.54) is 4.31 Å². The van der Waals surface area contributed by atoms with Gasteiger partial charge in [0.05, 0.1) is 11.3 Å². The van der Waals surface area contributed by atoms with Gasteiger partial charge >= 0.3 is 0 Å². The Balaban J connectivity index is 1.61. The van der Waals surface area contributed by atoms with Crippen LogP contribution >= 0.6 is 11.3 Å². The lowest BCUT2D eigenvalue weighted by molar-refractivity contribution is -0.131. The van der Waals surface area contributed by atoms with Gasteiger partial charge in [-0.05, 0) is 34.5 Å². The van der Waals surface area contributed by atoms with Crippen molar-refractivity contribution in [2.45, 2.75) is 11.3 Å². The summed E-state index contributed by atoms with van der Waals surface area (Å²) in [5.74, 6) is 0.0557. The Morgan fingerprint density at radius 2 is 1.74 bits per heavy atom. The molecule has 0 atom stereocenters. The maximum atomic E-state index is 12.5. The van der Waals surface area contributed by atoms with Crippen molar-refractivity contribution in [1.82, 2.24) is 9.21 Å². The van der Waals surface area contributed by atoms with E-state index in [-0.39, 0.29) is 5.91 Å². The van der Waals surface area contributed by atoms with E-state index in [0.717, 1.165) is 5.56 Å². The molecule has 122 valence electrons. The summed E-state index contributed by atoms with van der Waals surface area (Å²) >= 11 is 1.57. The van der Waals surface area contributed by atoms with Crippen LogP contribution in [0.1, 0.15) is 5.56 Å². The Labute approximate surface area is 140 Å². The van der Waals surface area contributed by atoms with Crippen molar-refractivity contribution in [3.05, 3.63) is 52.7 Å². The van der Waals surface area contributed by atoms with Gasteiger partial charge in [-0.1, -0.05) is 18.2 Å². The minimum Gasteiger partial charge on any atom is -0.340 e. The molecule has 3 rings (SSSR count). The van der Waals surface area contributed by atoms with Gasteiger partial charge in [-0.2, -0.15) is 15.6 Å². The van der Waals surface area contributed by atoms with Crippen LogP contribution in [0.4, 0.5) is 0 Å². The molecular formula is C16H18N2O3S2. The molecule has 2 heterocycles. The fraction of sp³-hybridized carbons (Fsp3) is 0.312. The van der Waals surface area contributed by atoms with Crippen LogP contribution < -0.4 is 0 Å². The highest BCUT2D eigenvalue weighted by molar-refractivity contribution is 7.89. The monoisotopic (exact) mass is 350 g/mol. The number of benzene rings is 1. The largest absolute Gasteiger partial charge is 0.340 e. The second-order valence-corrected chi connectivity index (χ2v) is 8.12. The predicted molar refractivity (Wildman–Crippen MR) is 89.8 cm³/mol. The van der Waals surface area contributed by atoms with Crippen LogP contribution in [0.5, 0.6) is 0 Å². The Hall–Kier alpha value is -1.70. The van der Waals surface area contributed by atoms with E-state index in [4.69, 9.17) is 0 Å². The molecule has 1 saturated heterocycles. The quantitative estimate of drug-likeness (QED) is 0.845. The van der Waals surface area contributed by atoms with Crippen molar-refractivity contribution >= 4 is 27.3 Å². The van der Waals surface area contributed by atoms with Gasteiger partial charge in [-0.25, -0.2) is 8.42 Å². The zero-order valence-corrected chi connectivity index (χ0v) is 14.2. The van der Waals surface area contributed by atoms with Crippen LogP contribution in [0.3, 0.4) is 0 Å². The van der Waals surface area contributed by atoms with Gasteiger partial charge in [0.2, 0.25) is 15.9 Å². The first-order valence-electron chi connectivity index (χ1n) is 7.41. The van der Waals surface area contributed by atoms with Gasteiger partial charge in [0.1, 0.15) is 0 Å². The number of piperazine rings is 1. The lowest BCUT2D eigenvalue weighted by atomic mass is 10.2. The minimum absolute atomic E-state index is 0.0557. The third-order valence-electron chi connectivity index (χ3n) is 3.91. The molecule has 0 spiro atoms. The summed E-state index contributed by atoms with van der Waals surface area (Å²) in [4.78, 5) is 14.3. The Kier molecular flexibility index (Phi) is 4.79. The van der Waals surface area contributed by atoms with E-state index < -0.39 is 10.0 Å². The van der Waals surface area contributed by atoms with E-state index in [0.29, 0.717) is 37.5 Å².